The van der Waals surface area contributed by atoms with Crippen LogP contribution < -0.4 is 5.32 Å². The highest BCUT2D eigenvalue weighted by atomic mass is 127. The Kier molecular flexibility index (Phi) is 5.29. The van der Waals surface area contributed by atoms with Crippen LogP contribution in [0.25, 0.3) is 0 Å². The molecule has 0 unspecified atom stereocenters. The molecule has 1 fully saturated rings. The van der Waals surface area contributed by atoms with Crippen molar-refractivity contribution < 1.29 is 28.3 Å². The van der Waals surface area contributed by atoms with Crippen molar-refractivity contribution in [2.75, 3.05) is 18.4 Å². The quantitative estimate of drug-likeness (QED) is 0.266. The first-order valence-corrected chi connectivity index (χ1v) is 8.72. The molecule has 3 N–H and O–H groups in total. The number of amides is 1. The fourth-order valence-corrected chi connectivity index (χ4v) is 3.15. The molecule has 27 heavy (non-hydrogen) atoms. The van der Waals surface area contributed by atoms with Crippen molar-refractivity contribution in [2.24, 2.45) is 5.16 Å². The van der Waals surface area contributed by atoms with E-state index in [2.05, 4.69) is 10.5 Å². The van der Waals surface area contributed by atoms with Crippen molar-refractivity contribution in [3.8, 4) is 0 Å². The predicted molar refractivity (Wildman–Crippen MR) is 99.9 cm³/mol. The Hall–Kier alpha value is -2.34. The number of oxime groups is 1. The second-order valence-corrected chi connectivity index (χ2v) is 7.29. The molecule has 0 saturated carbocycles. The molecule has 2 aromatic carbocycles. The number of hydrogen-bond donors (Lipinski definition) is 3. The fraction of sp³-hybridized carbons (Fsp3) is 0.176. The molecule has 1 aliphatic heterocycles. The lowest BCUT2D eigenvalue weighted by Gasteiger charge is -2.43. The number of aliphatic hydroxyl groups is 1. The van der Waals surface area contributed by atoms with Crippen LogP contribution in [0.2, 0.25) is 0 Å². The van der Waals surface area contributed by atoms with Crippen LogP contribution in [0.5, 0.6) is 0 Å². The van der Waals surface area contributed by atoms with Crippen molar-refractivity contribution in [3.05, 3.63) is 56.9 Å². The van der Waals surface area contributed by atoms with Crippen molar-refractivity contribution >= 4 is 46.1 Å². The number of rotatable bonds is 4. The van der Waals surface area contributed by atoms with Gasteiger partial charge in [-0.15, -0.1) is 0 Å². The average molecular weight is 491 g/mol. The molecule has 0 aliphatic carbocycles. The molecule has 1 amide bonds. The zero-order chi connectivity index (χ0) is 19.8. The van der Waals surface area contributed by atoms with Gasteiger partial charge >= 0.3 is 0 Å². The third-order valence-corrected chi connectivity index (χ3v) is 4.70. The molecule has 142 valence electrons. The number of nitrogens with zero attached hydrogens (tertiary/aromatic N) is 2. The van der Waals surface area contributed by atoms with Crippen LogP contribution in [0.4, 0.5) is 24.5 Å². The van der Waals surface area contributed by atoms with E-state index in [4.69, 9.17) is 5.21 Å². The minimum atomic E-state index is -1.49. The summed E-state index contributed by atoms with van der Waals surface area (Å²) in [5.74, 6) is -3.92. The molecule has 0 spiro atoms. The highest BCUT2D eigenvalue weighted by molar-refractivity contribution is 14.1. The van der Waals surface area contributed by atoms with E-state index in [1.165, 1.54) is 12.1 Å². The number of hydrogen-bond acceptors (Lipinski definition) is 5. The smallest absolute Gasteiger partial charge is 0.256 e. The summed E-state index contributed by atoms with van der Waals surface area (Å²) in [5.41, 5.74) is -2.35. The van der Waals surface area contributed by atoms with Gasteiger partial charge in [0.05, 0.1) is 36.2 Å². The largest absolute Gasteiger partial charge is 0.411 e. The van der Waals surface area contributed by atoms with Gasteiger partial charge in [-0.25, -0.2) is 13.2 Å². The van der Waals surface area contributed by atoms with E-state index >= 15 is 0 Å². The zero-order valence-electron chi connectivity index (χ0n) is 13.6. The first kappa shape index (κ1) is 19.4. The van der Waals surface area contributed by atoms with Gasteiger partial charge in [0.25, 0.3) is 5.91 Å². The fourth-order valence-electron chi connectivity index (χ4n) is 2.69. The van der Waals surface area contributed by atoms with Crippen LogP contribution in [0.3, 0.4) is 0 Å². The van der Waals surface area contributed by atoms with Crippen molar-refractivity contribution in [1.82, 2.24) is 4.90 Å². The summed E-state index contributed by atoms with van der Waals surface area (Å²) in [7, 11) is 0. The number of carbonyl (C=O) groups is 1. The van der Waals surface area contributed by atoms with Gasteiger partial charge < -0.3 is 20.5 Å². The summed E-state index contributed by atoms with van der Waals surface area (Å²) in [6.45, 7) is -0.377. The molecular weight excluding hydrogens is 478 g/mol. The zero-order valence-corrected chi connectivity index (χ0v) is 15.7. The monoisotopic (exact) mass is 491 g/mol. The molecule has 3 rings (SSSR count). The molecule has 0 bridgehead atoms. The topological polar surface area (TPSA) is 85.2 Å². The summed E-state index contributed by atoms with van der Waals surface area (Å²) < 4.78 is 42.7. The summed E-state index contributed by atoms with van der Waals surface area (Å²) in [6.07, 6.45) is 0.877. The van der Waals surface area contributed by atoms with E-state index in [-0.39, 0.29) is 24.3 Å². The molecule has 1 saturated heterocycles. The second kappa shape index (κ2) is 7.35. The van der Waals surface area contributed by atoms with E-state index in [0.29, 0.717) is 3.57 Å². The Morgan fingerprint density at radius 2 is 1.93 bits per heavy atom. The lowest BCUT2D eigenvalue weighted by Crippen LogP contribution is -2.64. The minimum Gasteiger partial charge on any atom is -0.411 e. The van der Waals surface area contributed by atoms with Crippen LogP contribution in [-0.2, 0) is 0 Å². The number of β-amino-alcohol motifs (C(OH)–C–C–N with tert-alkyl or cyclic N) is 1. The normalized spacial score (nSPS) is 15.7. The van der Waals surface area contributed by atoms with E-state index in [0.717, 1.165) is 23.2 Å². The highest BCUT2D eigenvalue weighted by Gasteiger charge is 2.43. The Morgan fingerprint density at radius 1 is 1.22 bits per heavy atom. The van der Waals surface area contributed by atoms with Gasteiger partial charge in [0.1, 0.15) is 11.4 Å². The number of benzene rings is 2. The number of anilines is 2. The Morgan fingerprint density at radius 3 is 2.56 bits per heavy atom. The summed E-state index contributed by atoms with van der Waals surface area (Å²) >= 11 is 1.90. The summed E-state index contributed by atoms with van der Waals surface area (Å²) in [6, 6.07) is 5.97. The lowest BCUT2D eigenvalue weighted by molar-refractivity contribution is -0.0297. The van der Waals surface area contributed by atoms with Crippen molar-refractivity contribution in [3.63, 3.8) is 0 Å². The van der Waals surface area contributed by atoms with Crippen LogP contribution in [0.15, 0.2) is 35.5 Å². The molecule has 1 aliphatic rings. The first-order valence-electron chi connectivity index (χ1n) is 7.64. The van der Waals surface area contributed by atoms with Gasteiger partial charge in [-0.05, 0) is 52.9 Å². The van der Waals surface area contributed by atoms with Gasteiger partial charge in [-0.1, -0.05) is 5.16 Å². The molecule has 10 heteroatoms. The maximum absolute atomic E-state index is 14.3. The van der Waals surface area contributed by atoms with Crippen LogP contribution in [0, 0.1) is 21.0 Å². The number of carbonyl (C=O) groups excluding carboxylic acids is 1. The second-order valence-electron chi connectivity index (χ2n) is 6.04. The number of nitrogens with one attached hydrogen (secondary N) is 1. The number of halogens is 4. The van der Waals surface area contributed by atoms with Gasteiger partial charge in [0, 0.05) is 3.57 Å². The van der Waals surface area contributed by atoms with Gasteiger partial charge in [-0.3, -0.25) is 4.79 Å². The van der Waals surface area contributed by atoms with E-state index in [9.17, 15) is 23.1 Å². The van der Waals surface area contributed by atoms with E-state index in [1.807, 2.05) is 22.6 Å². The van der Waals surface area contributed by atoms with E-state index < -0.39 is 34.6 Å². The van der Waals surface area contributed by atoms with Crippen molar-refractivity contribution in [1.29, 1.82) is 0 Å². The average Bonchev–Trinajstić information content (AvgIpc) is 2.58. The van der Waals surface area contributed by atoms with Gasteiger partial charge in [0.15, 0.2) is 11.6 Å². The van der Waals surface area contributed by atoms with Crippen LogP contribution >= 0.6 is 22.6 Å². The van der Waals surface area contributed by atoms with Gasteiger partial charge in [-0.2, -0.15) is 0 Å². The molecule has 0 atom stereocenters. The predicted octanol–water partition coefficient (Wildman–Crippen LogP) is 3.10. The summed E-state index contributed by atoms with van der Waals surface area (Å²) in [4.78, 5) is 13.8. The Balaban J connectivity index is 1.93. The lowest BCUT2D eigenvalue weighted by atomic mass is 9.94. The van der Waals surface area contributed by atoms with Crippen LogP contribution in [0.1, 0.15) is 10.4 Å². The molecule has 1 heterocycles. The summed E-state index contributed by atoms with van der Waals surface area (Å²) in [5, 5.41) is 23.6. The van der Waals surface area contributed by atoms with Gasteiger partial charge in [0.2, 0.25) is 0 Å². The molecule has 0 aromatic heterocycles. The third kappa shape index (κ3) is 3.86. The minimum absolute atomic E-state index is 0.124. The maximum Gasteiger partial charge on any atom is 0.256 e. The van der Waals surface area contributed by atoms with Crippen molar-refractivity contribution in [2.45, 2.75) is 5.60 Å². The maximum atomic E-state index is 14.3. The molecular formula is C17H13F3IN3O3. The van der Waals surface area contributed by atoms with Crippen LogP contribution in [-0.4, -0.2) is 46.0 Å². The molecule has 2 aromatic rings. The Labute approximate surface area is 165 Å². The molecule has 6 nitrogen and oxygen atoms in total. The van der Waals surface area contributed by atoms with E-state index in [1.54, 1.807) is 6.07 Å². The highest BCUT2D eigenvalue weighted by Crippen LogP contribution is 2.31. The third-order valence-electron chi connectivity index (χ3n) is 4.03. The Bertz CT molecular complexity index is 933. The molecule has 0 radical (unpaired) electrons. The SMILES string of the molecule is O=C(c1ccc(F)c(F)c1Nc1ccc(I)cc1F)N1CC(O)(C=NO)C1. The standard InChI is InChI=1S/C17H13F3IN3O3/c18-11-3-2-10(16(25)24-7-17(26,8-24)6-22-27)15(14(11)20)23-13-4-1-9(21)5-12(13)19/h1-6,23,26-27H,7-8H2. The number of likely N-dealkylation sites (tertiary alicyclic amines) is 1. The first-order chi connectivity index (χ1) is 12.7.